The summed E-state index contributed by atoms with van der Waals surface area (Å²) >= 11 is 0. The molecule has 0 atom stereocenters. The molecule has 0 saturated carbocycles. The molecule has 0 radical (unpaired) electrons. The van der Waals surface area contributed by atoms with E-state index in [2.05, 4.69) is 10.1 Å². The molecule has 0 aliphatic carbocycles. The first kappa shape index (κ1) is 13.9. The SMILES string of the molecule is CC(=O)OCCNCCN.[NaH]. The Balaban J connectivity index is 0. The van der Waals surface area contributed by atoms with Crippen LogP contribution in [0.1, 0.15) is 6.92 Å². The Hall–Kier alpha value is 0.390. The van der Waals surface area contributed by atoms with Gasteiger partial charge in [-0.3, -0.25) is 4.79 Å². The molecule has 0 unspecified atom stereocenters. The molecule has 5 heteroatoms. The number of nitrogens with one attached hydrogen (secondary N) is 1. The quantitative estimate of drug-likeness (QED) is 0.298. The van der Waals surface area contributed by atoms with Crippen LogP contribution in [-0.2, 0) is 9.53 Å². The van der Waals surface area contributed by atoms with Crippen molar-refractivity contribution in [1.29, 1.82) is 0 Å². The summed E-state index contributed by atoms with van der Waals surface area (Å²) < 4.78 is 4.65. The topological polar surface area (TPSA) is 64.3 Å². The fourth-order valence-corrected chi connectivity index (χ4v) is 0.494. The Morgan fingerprint density at radius 3 is 2.64 bits per heavy atom. The van der Waals surface area contributed by atoms with Gasteiger partial charge in [0, 0.05) is 26.6 Å². The van der Waals surface area contributed by atoms with Gasteiger partial charge in [-0.05, 0) is 0 Å². The van der Waals surface area contributed by atoms with Crippen molar-refractivity contribution in [3.8, 4) is 0 Å². The third-order valence-corrected chi connectivity index (χ3v) is 0.905. The number of nitrogens with two attached hydrogens (primary N) is 1. The molecule has 0 aromatic rings. The van der Waals surface area contributed by atoms with Crippen molar-refractivity contribution < 1.29 is 9.53 Å². The van der Waals surface area contributed by atoms with E-state index in [0.717, 1.165) is 6.54 Å². The molecular formula is C6H15N2NaO2. The molecule has 11 heavy (non-hydrogen) atoms. The van der Waals surface area contributed by atoms with E-state index in [-0.39, 0.29) is 35.5 Å². The third kappa shape index (κ3) is 13.4. The minimum atomic E-state index is -0.241. The Morgan fingerprint density at radius 2 is 2.18 bits per heavy atom. The molecule has 62 valence electrons. The summed E-state index contributed by atoms with van der Waals surface area (Å²) in [6, 6.07) is 0. The first-order chi connectivity index (χ1) is 4.77. The molecule has 3 N–H and O–H groups in total. The van der Waals surface area contributed by atoms with Crippen LogP contribution in [0.25, 0.3) is 0 Å². The molecule has 4 nitrogen and oxygen atoms in total. The molecular weight excluding hydrogens is 155 g/mol. The van der Waals surface area contributed by atoms with Gasteiger partial charge in [0.15, 0.2) is 0 Å². The van der Waals surface area contributed by atoms with E-state index in [9.17, 15) is 4.79 Å². The van der Waals surface area contributed by atoms with Crippen molar-refractivity contribution in [3.63, 3.8) is 0 Å². The van der Waals surface area contributed by atoms with Crippen LogP contribution in [0.4, 0.5) is 0 Å². The standard InChI is InChI=1S/C6H14N2O2.Na.H/c1-6(9)10-5-4-8-3-2-7;;/h8H,2-5,7H2,1H3;;. The summed E-state index contributed by atoms with van der Waals surface area (Å²) in [6.45, 7) is 3.87. The van der Waals surface area contributed by atoms with Crippen LogP contribution < -0.4 is 11.1 Å². The van der Waals surface area contributed by atoms with Crippen LogP contribution in [0.5, 0.6) is 0 Å². The maximum atomic E-state index is 10.2. The Morgan fingerprint density at radius 1 is 1.55 bits per heavy atom. The molecule has 0 aliphatic heterocycles. The monoisotopic (exact) mass is 170 g/mol. The number of carbonyl (C=O) groups is 1. The van der Waals surface area contributed by atoms with E-state index >= 15 is 0 Å². The predicted molar refractivity (Wildman–Crippen MR) is 45.7 cm³/mol. The van der Waals surface area contributed by atoms with E-state index in [1.807, 2.05) is 0 Å². The van der Waals surface area contributed by atoms with Gasteiger partial charge in [0.25, 0.3) is 0 Å². The zero-order valence-corrected chi connectivity index (χ0v) is 6.22. The van der Waals surface area contributed by atoms with Crippen molar-refractivity contribution in [2.75, 3.05) is 26.2 Å². The molecule has 0 saturated heterocycles. The fraction of sp³-hybridized carbons (Fsp3) is 0.833. The summed E-state index contributed by atoms with van der Waals surface area (Å²) in [5.74, 6) is -0.241. The summed E-state index contributed by atoms with van der Waals surface area (Å²) in [6.07, 6.45) is 0. The number of rotatable bonds is 5. The fourth-order valence-electron chi connectivity index (χ4n) is 0.494. The van der Waals surface area contributed by atoms with Gasteiger partial charge in [-0.15, -0.1) is 0 Å². The van der Waals surface area contributed by atoms with Gasteiger partial charge in [0.05, 0.1) is 0 Å². The first-order valence-corrected chi connectivity index (χ1v) is 3.31. The number of esters is 1. The van der Waals surface area contributed by atoms with E-state index in [1.165, 1.54) is 6.92 Å². The molecule has 0 aliphatic rings. The van der Waals surface area contributed by atoms with Gasteiger partial charge < -0.3 is 15.8 Å². The zero-order valence-electron chi connectivity index (χ0n) is 6.22. The average Bonchev–Trinajstić information content (AvgIpc) is 1.87. The van der Waals surface area contributed by atoms with Gasteiger partial charge in [-0.2, -0.15) is 0 Å². The average molecular weight is 170 g/mol. The van der Waals surface area contributed by atoms with Crippen molar-refractivity contribution in [1.82, 2.24) is 5.32 Å². The number of hydrogen-bond donors (Lipinski definition) is 2. The van der Waals surface area contributed by atoms with Crippen molar-refractivity contribution in [3.05, 3.63) is 0 Å². The molecule has 0 aromatic carbocycles. The van der Waals surface area contributed by atoms with Crippen LogP contribution in [0.2, 0.25) is 0 Å². The van der Waals surface area contributed by atoms with Crippen LogP contribution in [-0.4, -0.2) is 61.8 Å². The Bertz CT molecular complexity index is 101. The van der Waals surface area contributed by atoms with Gasteiger partial charge in [-0.25, -0.2) is 0 Å². The van der Waals surface area contributed by atoms with E-state index in [1.54, 1.807) is 0 Å². The van der Waals surface area contributed by atoms with Crippen LogP contribution in [0.3, 0.4) is 0 Å². The van der Waals surface area contributed by atoms with Gasteiger partial charge in [0.2, 0.25) is 0 Å². The Kier molecular flexibility index (Phi) is 13.2. The normalized spacial score (nSPS) is 8.55. The molecule has 0 spiro atoms. The first-order valence-electron chi connectivity index (χ1n) is 3.31. The molecule has 0 heterocycles. The molecule has 0 aromatic heterocycles. The van der Waals surface area contributed by atoms with Crippen molar-refractivity contribution in [2.24, 2.45) is 5.73 Å². The second kappa shape index (κ2) is 10.4. The number of carbonyl (C=O) groups excluding carboxylic acids is 1. The summed E-state index contributed by atoms with van der Waals surface area (Å²) in [4.78, 5) is 10.2. The summed E-state index contributed by atoms with van der Waals surface area (Å²) in [5.41, 5.74) is 5.20. The summed E-state index contributed by atoms with van der Waals surface area (Å²) in [7, 11) is 0. The maximum absolute atomic E-state index is 10.2. The molecule has 0 amide bonds. The van der Waals surface area contributed by atoms with E-state index in [0.29, 0.717) is 19.7 Å². The second-order valence-corrected chi connectivity index (χ2v) is 1.88. The van der Waals surface area contributed by atoms with Crippen LogP contribution in [0.15, 0.2) is 0 Å². The zero-order chi connectivity index (χ0) is 7.82. The van der Waals surface area contributed by atoms with E-state index in [4.69, 9.17) is 5.73 Å². The Labute approximate surface area is 89.1 Å². The predicted octanol–water partition coefficient (Wildman–Crippen LogP) is -1.55. The van der Waals surface area contributed by atoms with Crippen LogP contribution in [0, 0.1) is 0 Å². The van der Waals surface area contributed by atoms with Crippen molar-refractivity contribution in [2.45, 2.75) is 6.92 Å². The minimum absolute atomic E-state index is 0. The van der Waals surface area contributed by atoms with Gasteiger partial charge in [-0.1, -0.05) is 0 Å². The van der Waals surface area contributed by atoms with Crippen LogP contribution >= 0.6 is 0 Å². The number of hydrogen-bond acceptors (Lipinski definition) is 4. The number of ether oxygens (including phenoxy) is 1. The molecule has 0 fully saturated rings. The van der Waals surface area contributed by atoms with Gasteiger partial charge in [0.1, 0.15) is 6.61 Å². The molecule has 0 bridgehead atoms. The van der Waals surface area contributed by atoms with Gasteiger partial charge >= 0.3 is 35.5 Å². The molecule has 0 rings (SSSR count). The second-order valence-electron chi connectivity index (χ2n) is 1.88. The van der Waals surface area contributed by atoms with E-state index < -0.39 is 0 Å². The van der Waals surface area contributed by atoms with Crippen molar-refractivity contribution >= 4 is 35.5 Å². The third-order valence-electron chi connectivity index (χ3n) is 0.905. The summed E-state index contributed by atoms with van der Waals surface area (Å²) in [5, 5.41) is 2.99.